The normalized spacial score (nSPS) is 11.9. The van der Waals surface area contributed by atoms with Gasteiger partial charge < -0.3 is 5.73 Å². The minimum absolute atomic E-state index is 0.0476. The summed E-state index contributed by atoms with van der Waals surface area (Å²) in [6.45, 7) is 5.75. The molecule has 0 bridgehead atoms. The van der Waals surface area contributed by atoms with Crippen molar-refractivity contribution in [3.63, 3.8) is 0 Å². The van der Waals surface area contributed by atoms with E-state index in [2.05, 4.69) is 9.71 Å². The number of sulfonamides is 1. The SMILES string of the molecule is Cc1cc(Cl)c(S(=O)(=O)Nc2nc(C(C)C)cs2)cc1N. The quantitative estimate of drug-likeness (QED) is 0.829. The van der Waals surface area contributed by atoms with Gasteiger partial charge in [-0.2, -0.15) is 0 Å². The van der Waals surface area contributed by atoms with Gasteiger partial charge in [0, 0.05) is 11.1 Å². The first-order valence-corrected chi connectivity index (χ1v) is 8.98. The van der Waals surface area contributed by atoms with Crippen molar-refractivity contribution in [1.29, 1.82) is 0 Å². The van der Waals surface area contributed by atoms with Crippen LogP contribution in [0.3, 0.4) is 0 Å². The van der Waals surface area contributed by atoms with Crippen LogP contribution in [0.2, 0.25) is 5.02 Å². The number of thiazole rings is 1. The summed E-state index contributed by atoms with van der Waals surface area (Å²) in [7, 11) is -3.81. The fraction of sp³-hybridized carbons (Fsp3) is 0.308. The molecule has 0 atom stereocenters. The van der Waals surface area contributed by atoms with Crippen LogP contribution in [0.25, 0.3) is 0 Å². The van der Waals surface area contributed by atoms with Gasteiger partial charge in [0.2, 0.25) is 0 Å². The van der Waals surface area contributed by atoms with Crippen molar-refractivity contribution in [2.24, 2.45) is 0 Å². The standard InChI is InChI=1S/C13H16ClN3O2S2/c1-7(2)11-6-20-13(16-11)17-21(18,19)12-5-10(15)8(3)4-9(12)14/h4-7H,15H2,1-3H3,(H,16,17). The van der Waals surface area contributed by atoms with Gasteiger partial charge in [0.15, 0.2) is 5.13 Å². The van der Waals surface area contributed by atoms with Gasteiger partial charge in [-0.15, -0.1) is 11.3 Å². The highest BCUT2D eigenvalue weighted by atomic mass is 35.5. The van der Waals surface area contributed by atoms with E-state index < -0.39 is 10.0 Å². The zero-order valence-corrected chi connectivity index (χ0v) is 14.2. The van der Waals surface area contributed by atoms with E-state index in [0.717, 1.165) is 11.3 Å². The van der Waals surface area contributed by atoms with E-state index in [0.29, 0.717) is 10.8 Å². The molecule has 5 nitrogen and oxygen atoms in total. The van der Waals surface area contributed by atoms with Crippen molar-refractivity contribution < 1.29 is 8.42 Å². The molecule has 0 radical (unpaired) electrons. The van der Waals surface area contributed by atoms with Crippen LogP contribution >= 0.6 is 22.9 Å². The number of nitrogens with two attached hydrogens (primary N) is 1. The van der Waals surface area contributed by atoms with Crippen molar-refractivity contribution in [2.45, 2.75) is 31.6 Å². The molecule has 1 aromatic carbocycles. The summed E-state index contributed by atoms with van der Waals surface area (Å²) in [4.78, 5) is 4.20. The number of aryl methyl sites for hydroxylation is 1. The lowest BCUT2D eigenvalue weighted by atomic mass is 10.2. The maximum atomic E-state index is 12.4. The molecular formula is C13H16ClN3O2S2. The van der Waals surface area contributed by atoms with E-state index in [1.165, 1.54) is 23.5 Å². The van der Waals surface area contributed by atoms with Gasteiger partial charge in [-0.3, -0.25) is 4.72 Å². The summed E-state index contributed by atoms with van der Waals surface area (Å²) in [5.41, 5.74) is 7.71. The highest BCUT2D eigenvalue weighted by Gasteiger charge is 2.21. The molecule has 3 N–H and O–H groups in total. The monoisotopic (exact) mass is 345 g/mol. The lowest BCUT2D eigenvalue weighted by molar-refractivity contribution is 0.601. The van der Waals surface area contributed by atoms with Crippen LogP contribution in [0, 0.1) is 6.92 Å². The predicted molar refractivity (Wildman–Crippen MR) is 87.6 cm³/mol. The molecule has 0 saturated heterocycles. The Kier molecular flexibility index (Phi) is 4.46. The Labute approximate surface area is 133 Å². The third-order valence-electron chi connectivity index (χ3n) is 2.95. The topological polar surface area (TPSA) is 85.1 Å². The number of nitrogens with one attached hydrogen (secondary N) is 1. The maximum absolute atomic E-state index is 12.4. The van der Waals surface area contributed by atoms with Gasteiger partial charge in [0.25, 0.3) is 10.0 Å². The molecule has 8 heteroatoms. The van der Waals surface area contributed by atoms with Crippen LogP contribution < -0.4 is 10.5 Å². The summed E-state index contributed by atoms with van der Waals surface area (Å²) >= 11 is 7.25. The second-order valence-corrected chi connectivity index (χ2v) is 7.89. The van der Waals surface area contributed by atoms with Crippen molar-refractivity contribution in [3.05, 3.63) is 33.8 Å². The predicted octanol–water partition coefficient (Wildman–Crippen LogP) is 3.61. The van der Waals surface area contributed by atoms with Crippen LogP contribution in [0.5, 0.6) is 0 Å². The Hall–Kier alpha value is -1.31. The number of nitrogens with zero attached hydrogens (tertiary/aromatic N) is 1. The molecular weight excluding hydrogens is 330 g/mol. The molecule has 21 heavy (non-hydrogen) atoms. The second kappa shape index (κ2) is 5.82. The molecule has 0 aliphatic heterocycles. The van der Waals surface area contributed by atoms with Gasteiger partial charge in [-0.1, -0.05) is 25.4 Å². The smallest absolute Gasteiger partial charge is 0.265 e. The number of hydrogen-bond donors (Lipinski definition) is 2. The van der Waals surface area contributed by atoms with Gasteiger partial charge in [-0.25, -0.2) is 13.4 Å². The summed E-state index contributed by atoms with van der Waals surface area (Å²) in [6, 6.07) is 2.89. The molecule has 0 spiro atoms. The number of anilines is 2. The Morgan fingerprint density at radius 1 is 1.38 bits per heavy atom. The zero-order valence-electron chi connectivity index (χ0n) is 11.8. The van der Waals surface area contributed by atoms with Gasteiger partial charge in [0.1, 0.15) is 4.90 Å². The highest BCUT2D eigenvalue weighted by molar-refractivity contribution is 7.93. The summed E-state index contributed by atoms with van der Waals surface area (Å²) in [5, 5.41) is 2.27. The number of hydrogen-bond acceptors (Lipinski definition) is 5. The van der Waals surface area contributed by atoms with E-state index >= 15 is 0 Å². The van der Waals surface area contributed by atoms with Crippen LogP contribution in [0.1, 0.15) is 31.0 Å². The van der Waals surface area contributed by atoms with E-state index in [-0.39, 0.29) is 15.8 Å². The average Bonchev–Trinajstić information content (AvgIpc) is 2.81. The van der Waals surface area contributed by atoms with Gasteiger partial charge >= 0.3 is 0 Å². The Balaban J connectivity index is 2.36. The first-order valence-electron chi connectivity index (χ1n) is 6.24. The number of benzene rings is 1. The lowest BCUT2D eigenvalue weighted by Crippen LogP contribution is -2.14. The fourth-order valence-corrected chi connectivity index (χ4v) is 4.39. The number of nitrogen functional groups attached to an aromatic ring is 1. The third kappa shape index (κ3) is 3.48. The van der Waals surface area contributed by atoms with Crippen molar-refractivity contribution >= 4 is 43.8 Å². The van der Waals surface area contributed by atoms with Gasteiger partial charge in [-0.05, 0) is 30.5 Å². The molecule has 0 unspecified atom stereocenters. The van der Waals surface area contributed by atoms with E-state index in [1.807, 2.05) is 19.2 Å². The Morgan fingerprint density at radius 2 is 2.05 bits per heavy atom. The van der Waals surface area contributed by atoms with E-state index in [4.69, 9.17) is 17.3 Å². The lowest BCUT2D eigenvalue weighted by Gasteiger charge is -2.09. The first kappa shape index (κ1) is 16.1. The maximum Gasteiger partial charge on any atom is 0.265 e. The second-order valence-electron chi connectivity index (χ2n) is 4.98. The molecule has 0 aliphatic rings. The van der Waals surface area contributed by atoms with Crippen LogP contribution in [0.15, 0.2) is 22.4 Å². The van der Waals surface area contributed by atoms with Crippen molar-refractivity contribution in [1.82, 2.24) is 4.98 Å². The number of rotatable bonds is 4. The summed E-state index contributed by atoms with van der Waals surface area (Å²) < 4.78 is 27.2. The number of halogens is 1. The molecule has 1 aromatic heterocycles. The molecule has 1 heterocycles. The van der Waals surface area contributed by atoms with E-state index in [1.54, 1.807) is 6.92 Å². The number of aromatic nitrogens is 1. The molecule has 0 aliphatic carbocycles. The molecule has 0 fully saturated rings. The van der Waals surface area contributed by atoms with Crippen LogP contribution in [-0.2, 0) is 10.0 Å². The summed E-state index contributed by atoms with van der Waals surface area (Å²) in [6.07, 6.45) is 0. The fourth-order valence-electron chi connectivity index (χ4n) is 1.64. The van der Waals surface area contributed by atoms with Crippen molar-refractivity contribution in [2.75, 3.05) is 10.5 Å². The average molecular weight is 346 g/mol. The van der Waals surface area contributed by atoms with Crippen molar-refractivity contribution in [3.8, 4) is 0 Å². The van der Waals surface area contributed by atoms with Crippen LogP contribution in [-0.4, -0.2) is 13.4 Å². The van der Waals surface area contributed by atoms with Gasteiger partial charge in [0.05, 0.1) is 10.7 Å². The summed E-state index contributed by atoms with van der Waals surface area (Å²) in [5.74, 6) is 0.234. The van der Waals surface area contributed by atoms with E-state index in [9.17, 15) is 8.42 Å². The largest absolute Gasteiger partial charge is 0.398 e. The molecule has 0 saturated carbocycles. The minimum Gasteiger partial charge on any atom is -0.398 e. The molecule has 2 rings (SSSR count). The highest BCUT2D eigenvalue weighted by Crippen LogP contribution is 2.29. The molecule has 2 aromatic rings. The Morgan fingerprint density at radius 3 is 2.62 bits per heavy atom. The van der Waals surface area contributed by atoms with Crippen LogP contribution in [0.4, 0.5) is 10.8 Å². The Bertz CT molecular complexity index is 770. The molecule has 114 valence electrons. The third-order valence-corrected chi connectivity index (χ3v) is 5.65. The zero-order chi connectivity index (χ0) is 15.8. The minimum atomic E-state index is -3.81. The molecule has 0 amide bonds. The first-order chi connectivity index (χ1) is 9.70.